The molecule has 0 aliphatic rings. The Labute approximate surface area is 137 Å². The molecule has 3 aromatic heterocycles. The highest BCUT2D eigenvalue weighted by Crippen LogP contribution is 2.08. The van der Waals surface area contributed by atoms with Crippen LogP contribution in [0, 0.1) is 13.8 Å². The Morgan fingerprint density at radius 1 is 1.17 bits per heavy atom. The van der Waals surface area contributed by atoms with Crippen LogP contribution < -0.4 is 11.2 Å². The van der Waals surface area contributed by atoms with Crippen LogP contribution in [0.1, 0.15) is 11.4 Å². The van der Waals surface area contributed by atoms with Crippen LogP contribution in [0.3, 0.4) is 0 Å². The largest absolute Gasteiger partial charge is 0.389 e. The van der Waals surface area contributed by atoms with Crippen LogP contribution in [0.25, 0.3) is 11.2 Å². The monoisotopic (exact) mass is 332 g/mol. The maximum absolute atomic E-state index is 12.4. The van der Waals surface area contributed by atoms with E-state index in [1.54, 1.807) is 16.3 Å². The number of imidazole rings is 1. The lowest BCUT2D eigenvalue weighted by Crippen LogP contribution is -2.38. The average Bonchev–Trinajstić information content (AvgIpc) is 3.06. The quantitative estimate of drug-likeness (QED) is 0.681. The van der Waals surface area contributed by atoms with Crippen molar-refractivity contribution in [2.75, 3.05) is 0 Å². The summed E-state index contributed by atoms with van der Waals surface area (Å²) < 4.78 is 5.66. The first-order valence-electron chi connectivity index (χ1n) is 7.59. The van der Waals surface area contributed by atoms with Crippen LogP contribution in [0.2, 0.25) is 0 Å². The van der Waals surface area contributed by atoms with E-state index in [-0.39, 0.29) is 6.54 Å². The number of hydrogen-bond donors (Lipinski definition) is 1. The van der Waals surface area contributed by atoms with Gasteiger partial charge < -0.3 is 9.67 Å². The summed E-state index contributed by atoms with van der Waals surface area (Å²) >= 11 is 0. The third-order valence-corrected chi connectivity index (χ3v) is 4.11. The SMILES string of the molecule is Cc1cc(C)n(C[C@@H](O)Cn2cnc3c2c(=O)n(C)c(=O)n3C)n1. The van der Waals surface area contributed by atoms with Gasteiger partial charge in [-0.1, -0.05) is 0 Å². The van der Waals surface area contributed by atoms with E-state index in [4.69, 9.17) is 0 Å². The second-order valence-electron chi connectivity index (χ2n) is 6.04. The molecule has 0 radical (unpaired) electrons. The summed E-state index contributed by atoms with van der Waals surface area (Å²) in [4.78, 5) is 28.4. The molecule has 0 unspecified atom stereocenters. The highest BCUT2D eigenvalue weighted by Gasteiger charge is 2.17. The highest BCUT2D eigenvalue weighted by atomic mass is 16.3. The molecular formula is C15H20N6O3. The lowest BCUT2D eigenvalue weighted by molar-refractivity contribution is 0.130. The average molecular weight is 332 g/mol. The van der Waals surface area contributed by atoms with E-state index in [0.717, 1.165) is 16.0 Å². The van der Waals surface area contributed by atoms with E-state index in [1.165, 1.54) is 17.9 Å². The van der Waals surface area contributed by atoms with Crippen molar-refractivity contribution in [3.05, 3.63) is 44.6 Å². The third kappa shape index (κ3) is 2.56. The smallest absolute Gasteiger partial charge is 0.332 e. The predicted octanol–water partition coefficient (Wildman–Crippen LogP) is -0.692. The molecule has 3 rings (SSSR count). The summed E-state index contributed by atoms with van der Waals surface area (Å²) in [5, 5.41) is 14.7. The van der Waals surface area contributed by atoms with Crippen LogP contribution in [0.4, 0.5) is 0 Å². The van der Waals surface area contributed by atoms with Gasteiger partial charge in [0.05, 0.1) is 31.2 Å². The van der Waals surface area contributed by atoms with E-state index < -0.39 is 17.4 Å². The molecule has 0 aromatic carbocycles. The van der Waals surface area contributed by atoms with Gasteiger partial charge in [-0.3, -0.25) is 18.6 Å². The van der Waals surface area contributed by atoms with Crippen LogP contribution in [0.5, 0.6) is 0 Å². The molecule has 9 nitrogen and oxygen atoms in total. The summed E-state index contributed by atoms with van der Waals surface area (Å²) in [6, 6.07) is 1.94. The van der Waals surface area contributed by atoms with Crippen LogP contribution in [-0.2, 0) is 27.2 Å². The fourth-order valence-corrected chi connectivity index (χ4v) is 2.88. The van der Waals surface area contributed by atoms with Crippen molar-refractivity contribution < 1.29 is 5.11 Å². The summed E-state index contributed by atoms with van der Waals surface area (Å²) in [6.07, 6.45) is 0.720. The Morgan fingerprint density at radius 2 is 1.88 bits per heavy atom. The van der Waals surface area contributed by atoms with E-state index in [2.05, 4.69) is 10.1 Å². The van der Waals surface area contributed by atoms with E-state index in [0.29, 0.717) is 17.7 Å². The standard InChI is InChI=1S/C15H20N6O3/c1-9-5-10(2)21(17-9)7-11(22)6-20-8-16-13-12(20)14(23)19(4)15(24)18(13)3/h5,8,11,22H,6-7H2,1-4H3/t11-/m0/s1. The fourth-order valence-electron chi connectivity index (χ4n) is 2.88. The van der Waals surface area contributed by atoms with Gasteiger partial charge in [-0.25, -0.2) is 9.78 Å². The third-order valence-electron chi connectivity index (χ3n) is 4.11. The zero-order valence-corrected chi connectivity index (χ0v) is 14.1. The lowest BCUT2D eigenvalue weighted by Gasteiger charge is -2.13. The molecule has 0 bridgehead atoms. The van der Waals surface area contributed by atoms with Gasteiger partial charge >= 0.3 is 5.69 Å². The molecule has 1 N–H and O–H groups in total. The molecule has 0 saturated carbocycles. The zero-order valence-electron chi connectivity index (χ0n) is 14.1. The topological polar surface area (TPSA) is 99.9 Å². The molecule has 0 spiro atoms. The van der Waals surface area contributed by atoms with Gasteiger partial charge in [-0.15, -0.1) is 0 Å². The number of hydrogen-bond acceptors (Lipinski definition) is 5. The number of fused-ring (bicyclic) bond motifs is 1. The Kier molecular flexibility index (Phi) is 3.88. The number of nitrogens with zero attached hydrogens (tertiary/aromatic N) is 6. The summed E-state index contributed by atoms with van der Waals surface area (Å²) in [7, 11) is 2.99. The van der Waals surface area contributed by atoms with Gasteiger partial charge in [0.2, 0.25) is 0 Å². The van der Waals surface area contributed by atoms with Crippen molar-refractivity contribution in [1.82, 2.24) is 28.5 Å². The molecule has 1 atom stereocenters. The summed E-state index contributed by atoms with van der Waals surface area (Å²) in [6.45, 7) is 4.31. The molecule has 0 saturated heterocycles. The van der Waals surface area contributed by atoms with Crippen molar-refractivity contribution >= 4 is 11.2 Å². The van der Waals surface area contributed by atoms with Gasteiger partial charge in [-0.05, 0) is 19.9 Å². The molecule has 24 heavy (non-hydrogen) atoms. The molecule has 0 fully saturated rings. The summed E-state index contributed by atoms with van der Waals surface area (Å²) in [5.74, 6) is 0. The minimum absolute atomic E-state index is 0.183. The van der Waals surface area contributed by atoms with Crippen molar-refractivity contribution in [3.63, 3.8) is 0 Å². The lowest BCUT2D eigenvalue weighted by atomic mass is 10.3. The first kappa shape index (κ1) is 16.2. The Balaban J connectivity index is 1.95. The van der Waals surface area contributed by atoms with E-state index in [1.807, 2.05) is 19.9 Å². The van der Waals surface area contributed by atoms with Gasteiger partial charge in [0.25, 0.3) is 5.56 Å². The zero-order chi connectivity index (χ0) is 17.6. The predicted molar refractivity (Wildman–Crippen MR) is 87.9 cm³/mol. The first-order valence-corrected chi connectivity index (χ1v) is 7.59. The second-order valence-corrected chi connectivity index (χ2v) is 6.04. The minimum Gasteiger partial charge on any atom is -0.389 e. The molecule has 3 aromatic rings. The Hall–Kier alpha value is -2.68. The number of aliphatic hydroxyl groups excluding tert-OH is 1. The van der Waals surface area contributed by atoms with Crippen molar-refractivity contribution in [2.45, 2.75) is 33.0 Å². The maximum atomic E-state index is 12.4. The molecule has 0 aliphatic heterocycles. The summed E-state index contributed by atoms with van der Waals surface area (Å²) in [5.41, 5.74) is 1.59. The highest BCUT2D eigenvalue weighted by molar-refractivity contribution is 5.69. The maximum Gasteiger partial charge on any atom is 0.332 e. The van der Waals surface area contributed by atoms with Gasteiger partial charge in [0.1, 0.15) is 0 Å². The van der Waals surface area contributed by atoms with Crippen LogP contribution in [0.15, 0.2) is 22.0 Å². The molecule has 9 heteroatoms. The second kappa shape index (κ2) is 5.75. The molecule has 0 aliphatic carbocycles. The molecule has 0 amide bonds. The number of aromatic nitrogens is 6. The van der Waals surface area contributed by atoms with Gasteiger partial charge in [0, 0.05) is 19.8 Å². The Morgan fingerprint density at radius 3 is 2.50 bits per heavy atom. The molecule has 3 heterocycles. The first-order chi connectivity index (χ1) is 11.3. The van der Waals surface area contributed by atoms with Crippen molar-refractivity contribution in [2.24, 2.45) is 14.1 Å². The normalized spacial score (nSPS) is 12.9. The van der Waals surface area contributed by atoms with Gasteiger partial charge in [-0.2, -0.15) is 5.10 Å². The van der Waals surface area contributed by atoms with E-state index in [9.17, 15) is 14.7 Å². The van der Waals surface area contributed by atoms with Crippen molar-refractivity contribution in [1.29, 1.82) is 0 Å². The number of rotatable bonds is 4. The minimum atomic E-state index is -0.748. The van der Waals surface area contributed by atoms with Crippen LogP contribution >= 0.6 is 0 Å². The number of aliphatic hydroxyl groups is 1. The fraction of sp³-hybridized carbons (Fsp3) is 0.467. The molecule has 128 valence electrons. The van der Waals surface area contributed by atoms with Gasteiger partial charge in [0.15, 0.2) is 11.2 Å². The molecular weight excluding hydrogens is 312 g/mol. The Bertz CT molecular complexity index is 1020. The van der Waals surface area contributed by atoms with Crippen LogP contribution in [-0.4, -0.2) is 39.7 Å². The van der Waals surface area contributed by atoms with Crippen molar-refractivity contribution in [3.8, 4) is 0 Å². The van der Waals surface area contributed by atoms with E-state index >= 15 is 0 Å². The number of aryl methyl sites for hydroxylation is 3.